The van der Waals surface area contributed by atoms with Crippen molar-refractivity contribution in [3.8, 4) is 0 Å². The van der Waals surface area contributed by atoms with Crippen LogP contribution in [0.5, 0.6) is 0 Å². The van der Waals surface area contributed by atoms with E-state index in [9.17, 15) is 0 Å². The Labute approximate surface area is 52.1 Å². The molecule has 0 aromatic rings. The van der Waals surface area contributed by atoms with Gasteiger partial charge in [-0.25, -0.2) is 0 Å². The standard InChI is InChI=1S/C7H11B/c8-7-4-5-1-2-6(7)3-5/h5-7H,1-4H2. The van der Waals surface area contributed by atoms with Crippen molar-refractivity contribution in [2.45, 2.75) is 31.5 Å². The maximum absolute atomic E-state index is 5.82. The van der Waals surface area contributed by atoms with Crippen LogP contribution in [0.3, 0.4) is 0 Å². The van der Waals surface area contributed by atoms with E-state index in [1.807, 2.05) is 0 Å². The molecule has 0 aliphatic heterocycles. The summed E-state index contributed by atoms with van der Waals surface area (Å²) in [6.45, 7) is 0. The van der Waals surface area contributed by atoms with E-state index in [4.69, 9.17) is 7.85 Å². The topological polar surface area (TPSA) is 0 Å². The van der Waals surface area contributed by atoms with Crippen molar-refractivity contribution in [3.05, 3.63) is 0 Å². The molecule has 2 saturated carbocycles. The minimum absolute atomic E-state index is 0.578. The second-order valence-corrected chi connectivity index (χ2v) is 3.34. The van der Waals surface area contributed by atoms with Gasteiger partial charge in [-0.3, -0.25) is 0 Å². The fourth-order valence-corrected chi connectivity index (χ4v) is 2.29. The first kappa shape index (κ1) is 4.90. The van der Waals surface area contributed by atoms with Gasteiger partial charge in [0.05, 0.1) is 7.85 Å². The highest BCUT2D eigenvalue weighted by Gasteiger charge is 2.35. The lowest BCUT2D eigenvalue weighted by atomic mass is 9.75. The highest BCUT2D eigenvalue weighted by atomic mass is 14.4. The van der Waals surface area contributed by atoms with Gasteiger partial charge in [0.25, 0.3) is 0 Å². The van der Waals surface area contributed by atoms with E-state index in [-0.39, 0.29) is 0 Å². The van der Waals surface area contributed by atoms with Crippen LogP contribution in [-0.2, 0) is 0 Å². The Hall–Kier alpha value is 0.0649. The highest BCUT2D eigenvalue weighted by Crippen LogP contribution is 2.49. The van der Waals surface area contributed by atoms with E-state index in [1.165, 1.54) is 25.7 Å². The molecule has 1 heteroatoms. The summed E-state index contributed by atoms with van der Waals surface area (Å²) < 4.78 is 0. The molecule has 3 atom stereocenters. The lowest BCUT2D eigenvalue weighted by Crippen LogP contribution is -2.02. The van der Waals surface area contributed by atoms with Crippen LogP contribution in [0.1, 0.15) is 25.7 Å². The summed E-state index contributed by atoms with van der Waals surface area (Å²) >= 11 is 0. The number of fused-ring (bicyclic) bond motifs is 2. The molecule has 0 nitrogen and oxygen atoms in total. The fraction of sp³-hybridized carbons (Fsp3) is 1.00. The minimum Gasteiger partial charge on any atom is -0.0743 e. The van der Waals surface area contributed by atoms with Gasteiger partial charge in [-0.2, -0.15) is 0 Å². The summed E-state index contributed by atoms with van der Waals surface area (Å²) in [6.07, 6.45) is 5.66. The molecule has 0 spiro atoms. The zero-order chi connectivity index (χ0) is 5.56. The van der Waals surface area contributed by atoms with Crippen molar-refractivity contribution in [2.75, 3.05) is 0 Å². The third-order valence-electron chi connectivity index (χ3n) is 2.79. The highest BCUT2D eigenvalue weighted by molar-refractivity contribution is 6.12. The molecule has 2 fully saturated rings. The van der Waals surface area contributed by atoms with Gasteiger partial charge in [0.1, 0.15) is 0 Å². The Morgan fingerprint density at radius 1 is 1.12 bits per heavy atom. The van der Waals surface area contributed by atoms with Gasteiger partial charge in [-0.15, -0.1) is 0 Å². The van der Waals surface area contributed by atoms with Gasteiger partial charge >= 0.3 is 0 Å². The molecule has 2 aliphatic carbocycles. The Balaban J connectivity index is 2.11. The summed E-state index contributed by atoms with van der Waals surface area (Å²) in [5.74, 6) is 2.52. The summed E-state index contributed by atoms with van der Waals surface area (Å²) in [5, 5.41) is 0. The molecule has 0 amide bonds. The lowest BCUT2D eigenvalue weighted by Gasteiger charge is -2.15. The van der Waals surface area contributed by atoms with Crippen molar-refractivity contribution in [1.29, 1.82) is 0 Å². The zero-order valence-electron chi connectivity index (χ0n) is 5.14. The van der Waals surface area contributed by atoms with Crippen molar-refractivity contribution >= 4 is 7.85 Å². The van der Waals surface area contributed by atoms with Crippen LogP contribution in [0.15, 0.2) is 0 Å². The van der Waals surface area contributed by atoms with Crippen molar-refractivity contribution in [2.24, 2.45) is 11.8 Å². The minimum atomic E-state index is 0.578. The molecule has 0 aromatic heterocycles. The lowest BCUT2D eigenvalue weighted by molar-refractivity contribution is 0.480. The van der Waals surface area contributed by atoms with Gasteiger partial charge in [0.15, 0.2) is 0 Å². The predicted molar refractivity (Wildman–Crippen MR) is 35.0 cm³/mol. The second-order valence-electron chi connectivity index (χ2n) is 3.34. The number of hydrogen-bond acceptors (Lipinski definition) is 0. The van der Waals surface area contributed by atoms with Gasteiger partial charge in [0, 0.05) is 0 Å². The molecule has 2 rings (SSSR count). The number of rotatable bonds is 0. The van der Waals surface area contributed by atoms with Crippen LogP contribution in [-0.4, -0.2) is 7.85 Å². The quantitative estimate of drug-likeness (QED) is 0.412. The first-order valence-corrected chi connectivity index (χ1v) is 3.62. The average molecular weight is 106 g/mol. The predicted octanol–water partition coefficient (Wildman–Crippen LogP) is 1.76. The zero-order valence-corrected chi connectivity index (χ0v) is 5.14. The molecule has 8 heavy (non-hydrogen) atoms. The van der Waals surface area contributed by atoms with Crippen LogP contribution in [0.4, 0.5) is 0 Å². The van der Waals surface area contributed by atoms with Gasteiger partial charge in [-0.05, 0) is 18.3 Å². The van der Waals surface area contributed by atoms with Gasteiger partial charge in [-0.1, -0.05) is 25.1 Å². The normalized spacial score (nSPS) is 52.8. The largest absolute Gasteiger partial charge is 0.0743 e. The Kier molecular flexibility index (Phi) is 0.932. The Morgan fingerprint density at radius 2 is 2.00 bits per heavy atom. The van der Waals surface area contributed by atoms with Gasteiger partial charge in [0.2, 0.25) is 0 Å². The first-order chi connectivity index (χ1) is 3.86. The van der Waals surface area contributed by atoms with E-state index in [2.05, 4.69) is 0 Å². The van der Waals surface area contributed by atoms with E-state index in [1.54, 1.807) is 0 Å². The molecule has 0 saturated heterocycles. The van der Waals surface area contributed by atoms with Crippen molar-refractivity contribution in [3.63, 3.8) is 0 Å². The molecule has 2 aliphatic rings. The molecule has 42 valence electrons. The summed E-state index contributed by atoms with van der Waals surface area (Å²) in [4.78, 5) is 0. The van der Waals surface area contributed by atoms with E-state index in [0.29, 0.717) is 5.82 Å². The molecule has 3 unspecified atom stereocenters. The molecule has 0 N–H and O–H groups in total. The summed E-state index contributed by atoms with van der Waals surface area (Å²) in [7, 11) is 5.82. The average Bonchev–Trinajstić information content (AvgIpc) is 2.23. The molecular formula is C7H11B. The van der Waals surface area contributed by atoms with Crippen LogP contribution < -0.4 is 0 Å². The Bertz CT molecular complexity index is 98.6. The third-order valence-corrected chi connectivity index (χ3v) is 2.79. The number of hydrogen-bond donors (Lipinski definition) is 0. The fourth-order valence-electron chi connectivity index (χ4n) is 2.29. The van der Waals surface area contributed by atoms with Crippen molar-refractivity contribution in [1.82, 2.24) is 0 Å². The molecule has 0 heterocycles. The van der Waals surface area contributed by atoms with Crippen LogP contribution >= 0.6 is 0 Å². The maximum Gasteiger partial charge on any atom is 0.0703 e. The van der Waals surface area contributed by atoms with E-state index >= 15 is 0 Å². The second kappa shape index (κ2) is 1.52. The van der Waals surface area contributed by atoms with Crippen LogP contribution in [0.2, 0.25) is 5.82 Å². The monoisotopic (exact) mass is 106 g/mol. The van der Waals surface area contributed by atoms with E-state index in [0.717, 1.165) is 11.8 Å². The Morgan fingerprint density at radius 3 is 2.25 bits per heavy atom. The first-order valence-electron chi connectivity index (χ1n) is 3.62. The smallest absolute Gasteiger partial charge is 0.0703 e. The molecule has 0 aromatic carbocycles. The summed E-state index contributed by atoms with van der Waals surface area (Å²) in [5.41, 5.74) is 0. The van der Waals surface area contributed by atoms with Crippen LogP contribution in [0.25, 0.3) is 0 Å². The summed E-state index contributed by atoms with van der Waals surface area (Å²) in [6, 6.07) is 0. The van der Waals surface area contributed by atoms with Crippen LogP contribution in [0, 0.1) is 11.8 Å². The van der Waals surface area contributed by atoms with E-state index < -0.39 is 0 Å². The molecular weight excluding hydrogens is 94.9 g/mol. The third kappa shape index (κ3) is 0.534. The van der Waals surface area contributed by atoms with Gasteiger partial charge < -0.3 is 0 Å². The molecule has 2 bridgehead atoms. The SMILES string of the molecule is [B]C1CC2CCC1C2. The maximum atomic E-state index is 5.82. The van der Waals surface area contributed by atoms with Crippen molar-refractivity contribution < 1.29 is 0 Å². The molecule has 2 radical (unpaired) electrons.